The van der Waals surface area contributed by atoms with Crippen LogP contribution in [-0.4, -0.2) is 57.2 Å². The lowest BCUT2D eigenvalue weighted by Crippen LogP contribution is -2.23. The summed E-state index contributed by atoms with van der Waals surface area (Å²) in [5.41, 5.74) is 1.82. The van der Waals surface area contributed by atoms with Gasteiger partial charge in [-0.2, -0.15) is 0 Å². The maximum Gasteiger partial charge on any atom is 0.253 e. The summed E-state index contributed by atoms with van der Waals surface area (Å²) in [4.78, 5) is 25.8. The van der Waals surface area contributed by atoms with Crippen LogP contribution in [0.4, 0.5) is 11.4 Å². The van der Waals surface area contributed by atoms with E-state index in [1.54, 1.807) is 38.4 Å². The van der Waals surface area contributed by atoms with Crippen molar-refractivity contribution in [3.8, 4) is 5.75 Å². The van der Waals surface area contributed by atoms with Gasteiger partial charge in [-0.05, 0) is 37.3 Å². The highest BCUT2D eigenvalue weighted by Gasteiger charge is 2.10. The number of carbonyl (C=O) groups excluding carboxylic acids is 2. The van der Waals surface area contributed by atoms with E-state index in [9.17, 15) is 9.59 Å². The molecule has 0 radical (unpaired) electrons. The second-order valence-corrected chi connectivity index (χ2v) is 6.22. The number of hydrogen-bond donors (Lipinski definition) is 2. The van der Waals surface area contributed by atoms with Gasteiger partial charge in [0.2, 0.25) is 5.91 Å². The van der Waals surface area contributed by atoms with Crippen molar-refractivity contribution in [1.82, 2.24) is 4.90 Å². The number of amides is 2. The van der Waals surface area contributed by atoms with Crippen molar-refractivity contribution in [1.29, 1.82) is 0 Å². The molecule has 0 bridgehead atoms. The normalized spacial score (nSPS) is 10.2. The first-order valence-electron chi connectivity index (χ1n) is 9.16. The average molecular weight is 385 g/mol. The molecule has 0 aromatic heterocycles. The number of nitrogens with one attached hydrogen (secondary N) is 2. The van der Waals surface area contributed by atoms with Gasteiger partial charge in [0.25, 0.3) is 5.91 Å². The molecule has 0 saturated carbocycles. The van der Waals surface area contributed by atoms with Crippen molar-refractivity contribution in [2.75, 3.05) is 51.1 Å². The lowest BCUT2D eigenvalue weighted by atomic mass is 10.2. The topological polar surface area (TPSA) is 79.9 Å². The molecule has 0 aliphatic rings. The van der Waals surface area contributed by atoms with Crippen LogP contribution in [0.25, 0.3) is 0 Å². The van der Waals surface area contributed by atoms with E-state index in [2.05, 4.69) is 10.6 Å². The van der Waals surface area contributed by atoms with E-state index >= 15 is 0 Å². The smallest absolute Gasteiger partial charge is 0.253 e. The summed E-state index contributed by atoms with van der Waals surface area (Å²) in [6.45, 7) is 3.58. The Kier molecular flexibility index (Phi) is 8.30. The first-order valence-corrected chi connectivity index (χ1v) is 9.16. The first kappa shape index (κ1) is 21.2. The second-order valence-electron chi connectivity index (χ2n) is 6.22. The second kappa shape index (κ2) is 10.9. The quantitative estimate of drug-likeness (QED) is 0.615. The number of hydrogen-bond acceptors (Lipinski definition) is 5. The van der Waals surface area contributed by atoms with E-state index in [-0.39, 0.29) is 18.4 Å². The third-order valence-corrected chi connectivity index (χ3v) is 3.82. The predicted molar refractivity (Wildman–Crippen MR) is 110 cm³/mol. The molecule has 0 aliphatic heterocycles. The van der Waals surface area contributed by atoms with E-state index in [0.717, 1.165) is 5.69 Å². The molecule has 0 heterocycles. The molecule has 2 rings (SSSR count). The fraction of sp³-hybridized carbons (Fsp3) is 0.333. The zero-order valence-corrected chi connectivity index (χ0v) is 16.5. The summed E-state index contributed by atoms with van der Waals surface area (Å²) in [6.07, 6.45) is 0. The third-order valence-electron chi connectivity index (χ3n) is 3.82. The fourth-order valence-electron chi connectivity index (χ4n) is 2.46. The Balaban J connectivity index is 1.91. The van der Waals surface area contributed by atoms with Crippen LogP contribution in [0.5, 0.6) is 5.75 Å². The van der Waals surface area contributed by atoms with E-state index in [4.69, 9.17) is 9.47 Å². The molecule has 2 N–H and O–H groups in total. The molecular formula is C21H27N3O4. The number of anilines is 2. The van der Waals surface area contributed by atoms with E-state index < -0.39 is 0 Å². The van der Waals surface area contributed by atoms with Gasteiger partial charge in [-0.3, -0.25) is 9.59 Å². The Hall–Kier alpha value is -3.06. The molecule has 2 aromatic carbocycles. The number of benzene rings is 2. The maximum atomic E-state index is 12.3. The van der Waals surface area contributed by atoms with Crippen molar-refractivity contribution in [2.45, 2.75) is 6.92 Å². The van der Waals surface area contributed by atoms with E-state index in [1.165, 1.54) is 4.90 Å². The molecule has 28 heavy (non-hydrogen) atoms. The molecule has 0 spiro atoms. The van der Waals surface area contributed by atoms with Crippen molar-refractivity contribution in [2.24, 2.45) is 0 Å². The van der Waals surface area contributed by atoms with Gasteiger partial charge in [-0.1, -0.05) is 18.2 Å². The Morgan fingerprint density at radius 2 is 1.82 bits per heavy atom. The number of ether oxygens (including phenoxy) is 2. The minimum absolute atomic E-state index is 0.0672. The van der Waals surface area contributed by atoms with Gasteiger partial charge in [0.15, 0.2) is 0 Å². The van der Waals surface area contributed by atoms with Crippen LogP contribution in [0.1, 0.15) is 17.3 Å². The van der Waals surface area contributed by atoms with Gasteiger partial charge >= 0.3 is 0 Å². The lowest BCUT2D eigenvalue weighted by molar-refractivity contribution is -0.114. The monoisotopic (exact) mass is 385 g/mol. The van der Waals surface area contributed by atoms with Crippen LogP contribution in [-0.2, 0) is 9.53 Å². The highest BCUT2D eigenvalue weighted by Crippen LogP contribution is 2.23. The van der Waals surface area contributed by atoms with Crippen molar-refractivity contribution in [3.05, 3.63) is 54.1 Å². The molecule has 0 unspecified atom stereocenters. The zero-order chi connectivity index (χ0) is 20.4. The molecule has 0 atom stereocenters. The van der Waals surface area contributed by atoms with E-state index in [1.807, 2.05) is 31.2 Å². The molecule has 2 amide bonds. The van der Waals surface area contributed by atoms with Crippen LogP contribution in [0.15, 0.2) is 48.5 Å². The summed E-state index contributed by atoms with van der Waals surface area (Å²) < 4.78 is 11.0. The summed E-state index contributed by atoms with van der Waals surface area (Å²) in [7, 11) is 3.37. The van der Waals surface area contributed by atoms with Crippen LogP contribution in [0.2, 0.25) is 0 Å². The minimum Gasteiger partial charge on any atom is -0.489 e. The van der Waals surface area contributed by atoms with Gasteiger partial charge in [0, 0.05) is 32.0 Å². The summed E-state index contributed by atoms with van der Waals surface area (Å²) >= 11 is 0. The van der Waals surface area contributed by atoms with Crippen molar-refractivity contribution >= 4 is 23.2 Å². The van der Waals surface area contributed by atoms with Gasteiger partial charge in [0.1, 0.15) is 12.4 Å². The SMILES string of the molecule is CCOCCOc1ccccc1NCC(=O)Nc1cccc(C(=O)N(C)C)c1. The van der Waals surface area contributed by atoms with Gasteiger partial charge < -0.3 is 25.0 Å². The van der Waals surface area contributed by atoms with E-state index in [0.29, 0.717) is 36.8 Å². The Morgan fingerprint density at radius 3 is 2.57 bits per heavy atom. The molecular weight excluding hydrogens is 358 g/mol. The molecule has 2 aromatic rings. The van der Waals surface area contributed by atoms with Gasteiger partial charge in [-0.15, -0.1) is 0 Å². The summed E-state index contributed by atoms with van der Waals surface area (Å²) in [5, 5.41) is 5.87. The number of nitrogens with zero attached hydrogens (tertiary/aromatic N) is 1. The van der Waals surface area contributed by atoms with Crippen LogP contribution in [0.3, 0.4) is 0 Å². The standard InChI is InChI=1S/C21H27N3O4/c1-4-27-12-13-28-19-11-6-5-10-18(19)22-15-20(25)23-17-9-7-8-16(14-17)21(26)24(2)3/h5-11,14,22H,4,12-13,15H2,1-3H3,(H,23,25). The molecule has 150 valence electrons. The highest BCUT2D eigenvalue weighted by molar-refractivity contribution is 5.98. The fourth-order valence-corrected chi connectivity index (χ4v) is 2.46. The molecule has 7 nitrogen and oxygen atoms in total. The minimum atomic E-state index is -0.224. The van der Waals surface area contributed by atoms with Crippen LogP contribution in [0, 0.1) is 0 Å². The molecule has 0 fully saturated rings. The summed E-state index contributed by atoms with van der Waals surface area (Å²) in [6, 6.07) is 14.3. The largest absolute Gasteiger partial charge is 0.489 e. The molecule has 0 aliphatic carbocycles. The Labute approximate surface area is 165 Å². The van der Waals surface area contributed by atoms with Crippen LogP contribution < -0.4 is 15.4 Å². The van der Waals surface area contributed by atoms with Crippen LogP contribution >= 0.6 is 0 Å². The zero-order valence-electron chi connectivity index (χ0n) is 16.5. The third kappa shape index (κ3) is 6.59. The first-order chi connectivity index (χ1) is 13.5. The van der Waals surface area contributed by atoms with Crippen molar-refractivity contribution < 1.29 is 19.1 Å². The van der Waals surface area contributed by atoms with Gasteiger partial charge in [-0.25, -0.2) is 0 Å². The molecule has 7 heteroatoms. The van der Waals surface area contributed by atoms with Crippen molar-refractivity contribution in [3.63, 3.8) is 0 Å². The predicted octanol–water partition coefficient (Wildman–Crippen LogP) is 2.85. The Morgan fingerprint density at radius 1 is 1.04 bits per heavy atom. The maximum absolute atomic E-state index is 12.3. The summed E-state index contributed by atoms with van der Waals surface area (Å²) in [5.74, 6) is 0.319. The number of carbonyl (C=O) groups is 2. The number of rotatable bonds is 10. The lowest BCUT2D eigenvalue weighted by Gasteiger charge is -2.14. The molecule has 0 saturated heterocycles. The number of para-hydroxylation sites is 2. The Bertz CT molecular complexity index is 793. The average Bonchev–Trinajstić information content (AvgIpc) is 2.70. The highest BCUT2D eigenvalue weighted by atomic mass is 16.5. The van der Waals surface area contributed by atoms with Gasteiger partial charge in [0.05, 0.1) is 18.8 Å².